The highest BCUT2D eigenvalue weighted by Crippen LogP contribution is 2.39. The molecule has 1 amide bonds. The van der Waals surface area contributed by atoms with Gasteiger partial charge >= 0.3 is 0 Å². The SMILES string of the molecule is C=CCSc1nc(=O)c2c(n1C)NC(=O)CC2c1ccc(OC(C)C)c(OC)c1. The Morgan fingerprint density at radius 2 is 2.14 bits per heavy atom. The van der Waals surface area contributed by atoms with Gasteiger partial charge in [0.15, 0.2) is 16.7 Å². The van der Waals surface area contributed by atoms with Crippen molar-refractivity contribution in [1.29, 1.82) is 0 Å². The summed E-state index contributed by atoms with van der Waals surface area (Å²) in [6.07, 6.45) is 1.90. The van der Waals surface area contributed by atoms with E-state index in [9.17, 15) is 9.59 Å². The summed E-state index contributed by atoms with van der Waals surface area (Å²) in [4.78, 5) is 29.6. The minimum Gasteiger partial charge on any atom is -0.493 e. The lowest BCUT2D eigenvalue weighted by Crippen LogP contribution is -2.33. The second-order valence-corrected chi connectivity index (χ2v) is 7.99. The van der Waals surface area contributed by atoms with E-state index in [1.54, 1.807) is 24.8 Å². The first kappa shape index (κ1) is 21.0. The summed E-state index contributed by atoms with van der Waals surface area (Å²) in [6, 6.07) is 5.50. The van der Waals surface area contributed by atoms with Crippen LogP contribution in [0.15, 0.2) is 40.8 Å². The number of carbonyl (C=O) groups excluding carboxylic acids is 1. The second-order valence-electron chi connectivity index (χ2n) is 7.00. The largest absolute Gasteiger partial charge is 0.493 e. The summed E-state index contributed by atoms with van der Waals surface area (Å²) in [5.41, 5.74) is 0.949. The second kappa shape index (κ2) is 8.73. The zero-order chi connectivity index (χ0) is 21.1. The summed E-state index contributed by atoms with van der Waals surface area (Å²) >= 11 is 1.39. The van der Waals surface area contributed by atoms with Gasteiger partial charge in [-0.2, -0.15) is 4.98 Å². The maximum absolute atomic E-state index is 12.9. The van der Waals surface area contributed by atoms with Gasteiger partial charge in [-0.05, 0) is 31.5 Å². The Morgan fingerprint density at radius 3 is 2.79 bits per heavy atom. The predicted molar refractivity (Wildman–Crippen MR) is 114 cm³/mol. The number of benzene rings is 1. The van der Waals surface area contributed by atoms with Crippen LogP contribution in [0.5, 0.6) is 11.5 Å². The number of nitrogens with one attached hydrogen (secondary N) is 1. The Balaban J connectivity index is 2.09. The molecule has 1 N–H and O–H groups in total. The van der Waals surface area contributed by atoms with Crippen molar-refractivity contribution in [3.05, 3.63) is 52.3 Å². The Kier molecular flexibility index (Phi) is 6.32. The molecule has 1 unspecified atom stereocenters. The molecule has 0 bridgehead atoms. The molecule has 7 nitrogen and oxygen atoms in total. The van der Waals surface area contributed by atoms with Crippen LogP contribution < -0.4 is 20.3 Å². The van der Waals surface area contributed by atoms with E-state index in [1.165, 1.54) is 11.8 Å². The molecule has 1 aliphatic heterocycles. The smallest absolute Gasteiger partial charge is 0.279 e. The van der Waals surface area contributed by atoms with Crippen molar-refractivity contribution in [2.75, 3.05) is 18.2 Å². The molecule has 0 radical (unpaired) electrons. The maximum Gasteiger partial charge on any atom is 0.279 e. The summed E-state index contributed by atoms with van der Waals surface area (Å²) in [7, 11) is 3.36. The topological polar surface area (TPSA) is 82.5 Å². The van der Waals surface area contributed by atoms with Gasteiger partial charge in [-0.25, -0.2) is 0 Å². The summed E-state index contributed by atoms with van der Waals surface area (Å²) in [5.74, 6) is 1.72. The molecular formula is C21H25N3O4S. The first-order valence-corrected chi connectivity index (χ1v) is 10.3. The summed E-state index contributed by atoms with van der Waals surface area (Å²) < 4.78 is 13.0. The van der Waals surface area contributed by atoms with Gasteiger partial charge < -0.3 is 19.4 Å². The highest BCUT2D eigenvalue weighted by Gasteiger charge is 2.32. The van der Waals surface area contributed by atoms with Gasteiger partial charge in [-0.3, -0.25) is 9.59 Å². The lowest BCUT2D eigenvalue weighted by Gasteiger charge is -2.28. The molecule has 1 aliphatic rings. The van der Waals surface area contributed by atoms with Crippen LogP contribution in [0, 0.1) is 0 Å². The number of ether oxygens (including phenoxy) is 2. The number of amides is 1. The number of nitrogens with zero attached hydrogens (tertiary/aromatic N) is 2. The number of carbonyl (C=O) groups is 1. The molecule has 8 heteroatoms. The van der Waals surface area contributed by atoms with Crippen molar-refractivity contribution < 1.29 is 14.3 Å². The van der Waals surface area contributed by atoms with Crippen LogP contribution in [0.25, 0.3) is 0 Å². The van der Waals surface area contributed by atoms with Gasteiger partial charge in [-0.15, -0.1) is 6.58 Å². The zero-order valence-electron chi connectivity index (χ0n) is 17.0. The summed E-state index contributed by atoms with van der Waals surface area (Å²) in [6.45, 7) is 7.57. The van der Waals surface area contributed by atoms with E-state index < -0.39 is 5.92 Å². The Morgan fingerprint density at radius 1 is 1.38 bits per heavy atom. The van der Waals surface area contributed by atoms with Gasteiger partial charge in [0.1, 0.15) is 5.82 Å². The third-order valence-electron chi connectivity index (χ3n) is 4.58. The van der Waals surface area contributed by atoms with Crippen LogP contribution in [-0.2, 0) is 11.8 Å². The molecular weight excluding hydrogens is 390 g/mol. The molecule has 0 spiro atoms. The summed E-state index contributed by atoms with van der Waals surface area (Å²) in [5, 5.41) is 3.38. The van der Waals surface area contributed by atoms with Crippen LogP contribution in [0.2, 0.25) is 0 Å². The predicted octanol–water partition coefficient (Wildman–Crippen LogP) is 3.33. The fraction of sp³-hybridized carbons (Fsp3) is 0.381. The van der Waals surface area contributed by atoms with Crippen molar-refractivity contribution in [1.82, 2.24) is 9.55 Å². The van der Waals surface area contributed by atoms with Gasteiger partial charge in [0.05, 0.1) is 18.8 Å². The van der Waals surface area contributed by atoms with Gasteiger partial charge in [0.25, 0.3) is 5.56 Å². The van der Waals surface area contributed by atoms with Crippen molar-refractivity contribution in [2.24, 2.45) is 7.05 Å². The van der Waals surface area contributed by atoms with Crippen molar-refractivity contribution in [3.8, 4) is 11.5 Å². The van der Waals surface area contributed by atoms with Gasteiger partial charge in [-0.1, -0.05) is 23.9 Å². The van der Waals surface area contributed by atoms with E-state index in [0.717, 1.165) is 5.56 Å². The van der Waals surface area contributed by atoms with Gasteiger partial charge in [0, 0.05) is 25.1 Å². The van der Waals surface area contributed by atoms with E-state index in [1.807, 2.05) is 32.0 Å². The first-order chi connectivity index (χ1) is 13.8. The fourth-order valence-corrected chi connectivity index (χ4v) is 4.03. The third-order valence-corrected chi connectivity index (χ3v) is 5.61. The molecule has 1 atom stereocenters. The van der Waals surface area contributed by atoms with Crippen molar-refractivity contribution in [2.45, 2.75) is 37.4 Å². The molecule has 2 heterocycles. The van der Waals surface area contributed by atoms with Crippen LogP contribution >= 0.6 is 11.8 Å². The van der Waals surface area contributed by atoms with E-state index in [-0.39, 0.29) is 24.0 Å². The molecule has 29 heavy (non-hydrogen) atoms. The molecule has 0 aliphatic carbocycles. The highest BCUT2D eigenvalue weighted by atomic mass is 32.2. The Labute approximate surface area is 174 Å². The fourth-order valence-electron chi connectivity index (χ4n) is 3.33. The van der Waals surface area contributed by atoms with Crippen molar-refractivity contribution in [3.63, 3.8) is 0 Å². The number of aromatic nitrogens is 2. The minimum atomic E-state index is -0.412. The Hall–Kier alpha value is -2.74. The number of rotatable bonds is 7. The first-order valence-electron chi connectivity index (χ1n) is 9.34. The standard InChI is InChI=1S/C21H25N3O4S/c1-6-9-29-21-23-20(26)18-14(11-17(25)22-19(18)24(21)4)13-7-8-15(28-12(2)3)16(10-13)27-5/h6-8,10,12,14H,1,9,11H2,2-5H3,(H,22,25). The molecule has 0 fully saturated rings. The highest BCUT2D eigenvalue weighted by molar-refractivity contribution is 7.99. The molecule has 154 valence electrons. The lowest BCUT2D eigenvalue weighted by atomic mass is 9.86. The number of anilines is 1. The maximum atomic E-state index is 12.9. The normalized spacial score (nSPS) is 15.6. The van der Waals surface area contributed by atoms with E-state index in [2.05, 4.69) is 16.9 Å². The monoisotopic (exact) mass is 415 g/mol. The minimum absolute atomic E-state index is 0.00100. The quantitative estimate of drug-likeness (QED) is 0.424. The van der Waals surface area contributed by atoms with E-state index in [4.69, 9.17) is 9.47 Å². The van der Waals surface area contributed by atoms with Crippen molar-refractivity contribution >= 4 is 23.5 Å². The van der Waals surface area contributed by atoms with Crippen LogP contribution in [0.1, 0.15) is 37.3 Å². The lowest BCUT2D eigenvalue weighted by molar-refractivity contribution is -0.116. The number of hydrogen-bond acceptors (Lipinski definition) is 6. The molecule has 1 aromatic heterocycles. The average Bonchev–Trinajstić information content (AvgIpc) is 2.68. The van der Waals surface area contributed by atoms with Crippen LogP contribution in [0.4, 0.5) is 5.82 Å². The molecule has 3 rings (SSSR count). The number of fused-ring (bicyclic) bond motifs is 1. The third kappa shape index (κ3) is 4.32. The molecule has 2 aromatic rings. The number of hydrogen-bond donors (Lipinski definition) is 1. The Bertz CT molecular complexity index is 1000. The van der Waals surface area contributed by atoms with Crippen LogP contribution in [0.3, 0.4) is 0 Å². The average molecular weight is 416 g/mol. The number of methoxy groups -OCH3 is 1. The number of thioether (sulfide) groups is 1. The molecule has 0 saturated carbocycles. The zero-order valence-corrected chi connectivity index (χ0v) is 17.8. The van der Waals surface area contributed by atoms with Gasteiger partial charge in [0.2, 0.25) is 5.91 Å². The van der Waals surface area contributed by atoms with E-state index >= 15 is 0 Å². The van der Waals surface area contributed by atoms with Crippen LogP contribution in [-0.4, -0.2) is 34.4 Å². The molecule has 1 aromatic carbocycles. The molecule has 0 saturated heterocycles. The van der Waals surface area contributed by atoms with E-state index in [0.29, 0.717) is 33.8 Å².